The first kappa shape index (κ1) is 12.3. The number of carbonyl (C=O) groups is 1. The second kappa shape index (κ2) is 5.35. The smallest absolute Gasteiger partial charge is 0.407 e. The van der Waals surface area contributed by atoms with Crippen molar-refractivity contribution >= 4 is 6.09 Å². The molecule has 1 aliphatic heterocycles. The van der Waals surface area contributed by atoms with E-state index >= 15 is 0 Å². The van der Waals surface area contributed by atoms with Crippen LogP contribution in [0.1, 0.15) is 40.0 Å². The van der Waals surface area contributed by atoms with E-state index in [1.807, 2.05) is 20.8 Å². The minimum absolute atomic E-state index is 0.159. The Kier molecular flexibility index (Phi) is 4.39. The van der Waals surface area contributed by atoms with Gasteiger partial charge in [0, 0.05) is 13.2 Å². The predicted octanol–water partition coefficient (Wildman–Crippen LogP) is 2.08. The standard InChI is InChI=1S/C11H21NO3/c1-11(2,3)15-10(13)12-8-9-6-4-5-7-14-9/h9H,4-8H2,1-3H3,(H,12,13). The SMILES string of the molecule is CC(C)(C)OC(=O)NCC1CCCCO1. The van der Waals surface area contributed by atoms with Gasteiger partial charge in [0.15, 0.2) is 0 Å². The normalized spacial score (nSPS) is 22.2. The molecule has 15 heavy (non-hydrogen) atoms. The van der Waals surface area contributed by atoms with Gasteiger partial charge in [0.05, 0.1) is 6.10 Å². The largest absolute Gasteiger partial charge is 0.444 e. The summed E-state index contributed by atoms with van der Waals surface area (Å²) in [6.07, 6.45) is 3.13. The van der Waals surface area contributed by atoms with Crippen molar-refractivity contribution in [3.05, 3.63) is 0 Å². The molecule has 0 spiro atoms. The topological polar surface area (TPSA) is 47.6 Å². The highest BCUT2D eigenvalue weighted by Gasteiger charge is 2.18. The summed E-state index contributed by atoms with van der Waals surface area (Å²) in [6.45, 7) is 6.91. The van der Waals surface area contributed by atoms with Crippen molar-refractivity contribution in [1.82, 2.24) is 5.32 Å². The van der Waals surface area contributed by atoms with Gasteiger partial charge in [-0.3, -0.25) is 0 Å². The van der Waals surface area contributed by atoms with Gasteiger partial charge in [-0.2, -0.15) is 0 Å². The molecule has 0 aliphatic carbocycles. The number of nitrogens with one attached hydrogen (secondary N) is 1. The first-order valence-corrected chi connectivity index (χ1v) is 5.56. The molecule has 0 aromatic heterocycles. The highest BCUT2D eigenvalue weighted by molar-refractivity contribution is 5.67. The maximum atomic E-state index is 11.3. The highest BCUT2D eigenvalue weighted by Crippen LogP contribution is 2.12. The Morgan fingerprint density at radius 2 is 2.20 bits per heavy atom. The lowest BCUT2D eigenvalue weighted by Crippen LogP contribution is -2.38. The molecule has 4 heteroatoms. The Bertz CT molecular complexity index is 204. The molecule has 1 saturated heterocycles. The molecule has 0 aromatic rings. The summed E-state index contributed by atoms with van der Waals surface area (Å²) in [7, 11) is 0. The van der Waals surface area contributed by atoms with Gasteiger partial charge < -0.3 is 14.8 Å². The molecule has 1 fully saturated rings. The Hall–Kier alpha value is -0.770. The number of carbonyl (C=O) groups excluding carboxylic acids is 1. The van der Waals surface area contributed by atoms with Crippen LogP contribution in [0.3, 0.4) is 0 Å². The Balaban J connectivity index is 2.15. The van der Waals surface area contributed by atoms with E-state index in [4.69, 9.17) is 9.47 Å². The van der Waals surface area contributed by atoms with Crippen molar-refractivity contribution in [2.75, 3.05) is 13.2 Å². The molecule has 88 valence electrons. The third-order valence-electron chi connectivity index (χ3n) is 2.15. The predicted molar refractivity (Wildman–Crippen MR) is 57.8 cm³/mol. The van der Waals surface area contributed by atoms with Crippen molar-refractivity contribution in [2.45, 2.75) is 51.7 Å². The van der Waals surface area contributed by atoms with Gasteiger partial charge in [0.1, 0.15) is 5.60 Å². The van der Waals surface area contributed by atoms with Crippen LogP contribution in [0, 0.1) is 0 Å². The van der Waals surface area contributed by atoms with Crippen molar-refractivity contribution in [1.29, 1.82) is 0 Å². The van der Waals surface area contributed by atoms with Crippen molar-refractivity contribution in [2.24, 2.45) is 0 Å². The Morgan fingerprint density at radius 1 is 1.47 bits per heavy atom. The van der Waals surface area contributed by atoms with Crippen LogP contribution in [0.15, 0.2) is 0 Å². The Labute approximate surface area is 91.3 Å². The first-order chi connectivity index (χ1) is 6.97. The van der Waals surface area contributed by atoms with Gasteiger partial charge >= 0.3 is 6.09 Å². The van der Waals surface area contributed by atoms with Crippen LogP contribution in [0.2, 0.25) is 0 Å². The molecular formula is C11H21NO3. The summed E-state index contributed by atoms with van der Waals surface area (Å²) in [5, 5.41) is 2.72. The van der Waals surface area contributed by atoms with E-state index in [1.165, 1.54) is 6.42 Å². The summed E-state index contributed by atoms with van der Waals surface area (Å²) in [4.78, 5) is 11.3. The number of hydrogen-bond acceptors (Lipinski definition) is 3. The molecule has 1 atom stereocenters. The van der Waals surface area contributed by atoms with E-state index in [0.29, 0.717) is 6.54 Å². The van der Waals surface area contributed by atoms with Crippen molar-refractivity contribution in [3.63, 3.8) is 0 Å². The molecule has 0 aromatic carbocycles. The minimum Gasteiger partial charge on any atom is -0.444 e. The van der Waals surface area contributed by atoms with E-state index < -0.39 is 5.60 Å². The van der Waals surface area contributed by atoms with Crippen LogP contribution in [0.4, 0.5) is 4.79 Å². The molecular weight excluding hydrogens is 194 g/mol. The second-order valence-corrected chi connectivity index (χ2v) is 4.87. The molecule has 0 saturated carbocycles. The van der Waals surface area contributed by atoms with E-state index in [0.717, 1.165) is 19.4 Å². The second-order valence-electron chi connectivity index (χ2n) is 4.87. The molecule has 4 nitrogen and oxygen atoms in total. The molecule has 1 heterocycles. The number of hydrogen-bond donors (Lipinski definition) is 1. The van der Waals surface area contributed by atoms with Gasteiger partial charge in [0.25, 0.3) is 0 Å². The summed E-state index contributed by atoms with van der Waals surface area (Å²) < 4.78 is 10.6. The first-order valence-electron chi connectivity index (χ1n) is 5.56. The molecule has 1 aliphatic rings. The summed E-state index contributed by atoms with van der Waals surface area (Å²) in [5.74, 6) is 0. The van der Waals surface area contributed by atoms with Gasteiger partial charge in [-0.15, -0.1) is 0 Å². The quantitative estimate of drug-likeness (QED) is 0.767. The van der Waals surface area contributed by atoms with E-state index in [9.17, 15) is 4.79 Å². The maximum Gasteiger partial charge on any atom is 0.407 e. The van der Waals surface area contributed by atoms with Gasteiger partial charge in [0.2, 0.25) is 0 Å². The van der Waals surface area contributed by atoms with Crippen LogP contribution < -0.4 is 5.32 Å². The molecule has 0 radical (unpaired) electrons. The number of ether oxygens (including phenoxy) is 2. The van der Waals surface area contributed by atoms with E-state index in [1.54, 1.807) is 0 Å². The Morgan fingerprint density at radius 3 is 2.73 bits per heavy atom. The lowest BCUT2D eigenvalue weighted by atomic mass is 10.1. The maximum absolute atomic E-state index is 11.3. The van der Waals surface area contributed by atoms with Crippen LogP contribution in [0.25, 0.3) is 0 Å². The fourth-order valence-corrected chi connectivity index (χ4v) is 1.48. The number of alkyl carbamates (subject to hydrolysis) is 1. The van der Waals surface area contributed by atoms with Gasteiger partial charge in [-0.05, 0) is 40.0 Å². The van der Waals surface area contributed by atoms with Crippen molar-refractivity contribution < 1.29 is 14.3 Å². The average Bonchev–Trinajstić information content (AvgIpc) is 2.14. The summed E-state index contributed by atoms with van der Waals surface area (Å²) in [5.41, 5.74) is -0.433. The summed E-state index contributed by atoms with van der Waals surface area (Å²) >= 11 is 0. The molecule has 1 amide bonds. The summed E-state index contributed by atoms with van der Waals surface area (Å²) in [6, 6.07) is 0. The zero-order valence-corrected chi connectivity index (χ0v) is 9.84. The minimum atomic E-state index is -0.433. The lowest BCUT2D eigenvalue weighted by Gasteiger charge is -2.24. The molecule has 1 rings (SSSR count). The monoisotopic (exact) mass is 215 g/mol. The van der Waals surface area contributed by atoms with Gasteiger partial charge in [-0.25, -0.2) is 4.79 Å². The molecule has 1 unspecified atom stereocenters. The zero-order chi connectivity index (χ0) is 11.3. The van der Waals surface area contributed by atoms with E-state index in [-0.39, 0.29) is 12.2 Å². The van der Waals surface area contributed by atoms with Crippen LogP contribution in [-0.2, 0) is 9.47 Å². The third kappa shape index (κ3) is 5.62. The molecule has 0 bridgehead atoms. The highest BCUT2D eigenvalue weighted by atomic mass is 16.6. The van der Waals surface area contributed by atoms with Gasteiger partial charge in [-0.1, -0.05) is 0 Å². The zero-order valence-electron chi connectivity index (χ0n) is 9.84. The van der Waals surface area contributed by atoms with E-state index in [2.05, 4.69) is 5.32 Å². The van der Waals surface area contributed by atoms with Crippen LogP contribution in [0.5, 0.6) is 0 Å². The number of amides is 1. The fourth-order valence-electron chi connectivity index (χ4n) is 1.48. The van der Waals surface area contributed by atoms with Crippen LogP contribution >= 0.6 is 0 Å². The third-order valence-corrected chi connectivity index (χ3v) is 2.15. The lowest BCUT2D eigenvalue weighted by molar-refractivity contribution is 0.0109. The fraction of sp³-hybridized carbons (Fsp3) is 0.909. The van der Waals surface area contributed by atoms with Crippen LogP contribution in [-0.4, -0.2) is 30.9 Å². The average molecular weight is 215 g/mol. The molecule has 1 N–H and O–H groups in total. The van der Waals surface area contributed by atoms with Crippen molar-refractivity contribution in [3.8, 4) is 0 Å². The number of rotatable bonds is 2.